The van der Waals surface area contributed by atoms with Crippen molar-refractivity contribution in [2.45, 2.75) is 44.8 Å². The summed E-state index contributed by atoms with van der Waals surface area (Å²) in [5, 5.41) is 9.16. The lowest BCUT2D eigenvalue weighted by Gasteiger charge is -2.22. The monoisotopic (exact) mass is 195 g/mol. The normalized spacial score (nSPS) is 42.6. The van der Waals surface area contributed by atoms with Crippen LogP contribution < -0.4 is 0 Å². The molecule has 0 aliphatic carbocycles. The Morgan fingerprint density at radius 1 is 1.50 bits per heavy atom. The van der Waals surface area contributed by atoms with Crippen molar-refractivity contribution in [3.8, 4) is 6.07 Å². The van der Waals surface area contributed by atoms with Gasteiger partial charge in [0.2, 0.25) is 0 Å². The number of ether oxygens (including phenoxy) is 2. The van der Waals surface area contributed by atoms with Gasteiger partial charge in [0.1, 0.15) is 0 Å². The third-order valence-corrected chi connectivity index (χ3v) is 3.28. The smallest absolute Gasteiger partial charge is 0.0853 e. The van der Waals surface area contributed by atoms with Gasteiger partial charge in [0.25, 0.3) is 0 Å². The van der Waals surface area contributed by atoms with Gasteiger partial charge in [0.15, 0.2) is 0 Å². The molecule has 2 fully saturated rings. The fourth-order valence-corrected chi connectivity index (χ4v) is 2.37. The van der Waals surface area contributed by atoms with E-state index in [1.807, 2.05) is 0 Å². The molecule has 2 rings (SSSR count). The van der Waals surface area contributed by atoms with Gasteiger partial charge in [-0.15, -0.1) is 0 Å². The molecule has 3 atom stereocenters. The maximum atomic E-state index is 9.16. The van der Waals surface area contributed by atoms with Crippen LogP contribution in [0.5, 0.6) is 0 Å². The lowest BCUT2D eigenvalue weighted by molar-refractivity contribution is 0.0294. The minimum absolute atomic E-state index is 0.255. The van der Waals surface area contributed by atoms with Crippen LogP contribution in [0.15, 0.2) is 0 Å². The third-order valence-electron chi connectivity index (χ3n) is 3.28. The predicted molar refractivity (Wildman–Crippen MR) is 51.7 cm³/mol. The van der Waals surface area contributed by atoms with Crippen LogP contribution in [-0.4, -0.2) is 25.4 Å². The van der Waals surface area contributed by atoms with Gasteiger partial charge in [-0.1, -0.05) is 0 Å². The molecular weight excluding hydrogens is 178 g/mol. The van der Waals surface area contributed by atoms with Crippen LogP contribution in [0.2, 0.25) is 0 Å². The molecule has 3 nitrogen and oxygen atoms in total. The van der Waals surface area contributed by atoms with E-state index in [0.29, 0.717) is 12.7 Å². The lowest BCUT2D eigenvalue weighted by Crippen LogP contribution is -2.25. The summed E-state index contributed by atoms with van der Waals surface area (Å²) in [7, 11) is 0. The van der Waals surface area contributed by atoms with Crippen LogP contribution in [-0.2, 0) is 9.47 Å². The van der Waals surface area contributed by atoms with Crippen LogP contribution >= 0.6 is 0 Å². The fraction of sp³-hybridized carbons (Fsp3) is 0.909. The number of hydrogen-bond acceptors (Lipinski definition) is 3. The van der Waals surface area contributed by atoms with Gasteiger partial charge in [-0.2, -0.15) is 5.26 Å². The number of nitriles is 1. The Bertz CT molecular complexity index is 240. The van der Waals surface area contributed by atoms with Crippen molar-refractivity contribution in [1.29, 1.82) is 5.26 Å². The van der Waals surface area contributed by atoms with E-state index in [-0.39, 0.29) is 11.5 Å². The van der Waals surface area contributed by atoms with Gasteiger partial charge in [0.05, 0.1) is 30.3 Å². The average molecular weight is 195 g/mol. The van der Waals surface area contributed by atoms with Gasteiger partial charge in [0, 0.05) is 6.61 Å². The highest BCUT2D eigenvalue weighted by Gasteiger charge is 2.39. The highest BCUT2D eigenvalue weighted by Crippen LogP contribution is 2.36. The quantitative estimate of drug-likeness (QED) is 0.675. The average Bonchev–Trinajstić information content (AvgIpc) is 2.77. The maximum Gasteiger partial charge on any atom is 0.0853 e. The van der Waals surface area contributed by atoms with Crippen molar-refractivity contribution >= 4 is 0 Å². The van der Waals surface area contributed by atoms with E-state index in [0.717, 1.165) is 32.3 Å². The predicted octanol–water partition coefficient (Wildman–Crippen LogP) is 1.87. The first kappa shape index (κ1) is 9.95. The molecule has 0 N–H and O–H groups in total. The summed E-state index contributed by atoms with van der Waals surface area (Å²) in [6.07, 6.45) is 4.62. The van der Waals surface area contributed by atoms with Crippen molar-refractivity contribution in [3.05, 3.63) is 0 Å². The lowest BCUT2D eigenvalue weighted by atomic mass is 9.82. The van der Waals surface area contributed by atoms with Crippen molar-refractivity contribution in [3.63, 3.8) is 0 Å². The van der Waals surface area contributed by atoms with Crippen LogP contribution in [0.25, 0.3) is 0 Å². The molecule has 0 saturated carbocycles. The molecule has 3 unspecified atom stereocenters. The summed E-state index contributed by atoms with van der Waals surface area (Å²) in [5.41, 5.74) is -0.255. The van der Waals surface area contributed by atoms with E-state index in [1.165, 1.54) is 0 Å². The van der Waals surface area contributed by atoms with E-state index >= 15 is 0 Å². The van der Waals surface area contributed by atoms with Gasteiger partial charge in [-0.25, -0.2) is 0 Å². The van der Waals surface area contributed by atoms with Gasteiger partial charge < -0.3 is 9.47 Å². The van der Waals surface area contributed by atoms with Crippen molar-refractivity contribution in [1.82, 2.24) is 0 Å². The van der Waals surface area contributed by atoms with Crippen LogP contribution in [0.4, 0.5) is 0 Å². The molecule has 0 aromatic carbocycles. The standard InChI is InChI=1S/C11H17NO2/c1-9-2-3-10(14-9)6-11(7-12)4-5-13-8-11/h9-10H,2-6,8H2,1H3. The second kappa shape index (κ2) is 3.88. The molecule has 0 amide bonds. The molecule has 2 aliphatic heterocycles. The van der Waals surface area contributed by atoms with Gasteiger partial charge in [-0.3, -0.25) is 0 Å². The van der Waals surface area contributed by atoms with Gasteiger partial charge in [-0.05, 0) is 32.6 Å². The van der Waals surface area contributed by atoms with Crippen LogP contribution in [0.3, 0.4) is 0 Å². The van der Waals surface area contributed by atoms with Crippen molar-refractivity contribution in [2.75, 3.05) is 13.2 Å². The van der Waals surface area contributed by atoms with Crippen LogP contribution in [0, 0.1) is 16.7 Å². The fourth-order valence-electron chi connectivity index (χ4n) is 2.37. The second-order valence-electron chi connectivity index (χ2n) is 4.54. The molecule has 0 spiro atoms. The highest BCUT2D eigenvalue weighted by atomic mass is 16.5. The Morgan fingerprint density at radius 3 is 2.86 bits per heavy atom. The molecule has 0 radical (unpaired) electrons. The zero-order valence-electron chi connectivity index (χ0n) is 8.66. The molecule has 2 aliphatic rings. The summed E-state index contributed by atoms with van der Waals surface area (Å²) >= 11 is 0. The van der Waals surface area contributed by atoms with Crippen LogP contribution in [0.1, 0.15) is 32.6 Å². The number of hydrogen-bond donors (Lipinski definition) is 0. The van der Waals surface area contributed by atoms with Gasteiger partial charge >= 0.3 is 0 Å². The van der Waals surface area contributed by atoms with E-state index in [4.69, 9.17) is 14.7 Å². The van der Waals surface area contributed by atoms with E-state index in [1.54, 1.807) is 0 Å². The Morgan fingerprint density at radius 2 is 2.36 bits per heavy atom. The summed E-state index contributed by atoms with van der Waals surface area (Å²) in [6.45, 7) is 3.43. The van der Waals surface area contributed by atoms with Crippen molar-refractivity contribution < 1.29 is 9.47 Å². The topological polar surface area (TPSA) is 42.2 Å². The molecule has 2 heterocycles. The van der Waals surface area contributed by atoms with E-state index in [2.05, 4.69) is 13.0 Å². The number of rotatable bonds is 2. The second-order valence-corrected chi connectivity index (χ2v) is 4.54. The molecular formula is C11H17NO2. The first-order valence-electron chi connectivity index (χ1n) is 5.39. The Kier molecular flexibility index (Phi) is 2.76. The summed E-state index contributed by atoms with van der Waals surface area (Å²) in [6, 6.07) is 2.41. The summed E-state index contributed by atoms with van der Waals surface area (Å²) in [5.74, 6) is 0. The highest BCUT2D eigenvalue weighted by molar-refractivity contribution is 5.03. The SMILES string of the molecule is CC1CCC(CC2(C#N)CCOC2)O1. The molecule has 0 aromatic heterocycles. The molecule has 3 heteroatoms. The Labute approximate surface area is 85.0 Å². The molecule has 2 saturated heterocycles. The minimum Gasteiger partial charge on any atom is -0.380 e. The summed E-state index contributed by atoms with van der Waals surface area (Å²) in [4.78, 5) is 0. The number of nitrogens with zero attached hydrogens (tertiary/aromatic N) is 1. The maximum absolute atomic E-state index is 9.16. The first-order valence-corrected chi connectivity index (χ1v) is 5.39. The molecule has 14 heavy (non-hydrogen) atoms. The molecule has 0 aromatic rings. The minimum atomic E-state index is -0.255. The Balaban J connectivity index is 1.92. The zero-order valence-corrected chi connectivity index (χ0v) is 8.66. The molecule has 78 valence electrons. The molecule has 0 bridgehead atoms. The Hall–Kier alpha value is -0.590. The van der Waals surface area contributed by atoms with E-state index < -0.39 is 0 Å². The zero-order chi connectivity index (χ0) is 10.0. The van der Waals surface area contributed by atoms with Crippen molar-refractivity contribution in [2.24, 2.45) is 5.41 Å². The first-order chi connectivity index (χ1) is 6.74. The third kappa shape index (κ3) is 1.92. The van der Waals surface area contributed by atoms with E-state index in [9.17, 15) is 0 Å². The largest absolute Gasteiger partial charge is 0.380 e. The summed E-state index contributed by atoms with van der Waals surface area (Å²) < 4.78 is 11.1.